The van der Waals surface area contributed by atoms with Crippen LogP contribution in [0.4, 0.5) is 4.39 Å². The number of pyridine rings is 1. The quantitative estimate of drug-likeness (QED) is 0.480. The van der Waals surface area contributed by atoms with E-state index in [-0.39, 0.29) is 17.6 Å². The Bertz CT molecular complexity index is 1320. The minimum Gasteiger partial charge on any atom is -0.473 e. The number of benzene rings is 1. The first kappa shape index (κ1) is 25.1. The molecule has 0 spiro atoms. The lowest BCUT2D eigenvalue weighted by molar-refractivity contribution is 0.0929. The molecule has 0 bridgehead atoms. The molecule has 0 radical (unpaired) electrons. The van der Waals surface area contributed by atoms with Crippen LogP contribution in [-0.4, -0.2) is 48.7 Å². The Balaban J connectivity index is 1.09. The third kappa shape index (κ3) is 5.78. The Labute approximate surface area is 221 Å². The molecule has 4 fully saturated rings. The van der Waals surface area contributed by atoms with Crippen molar-refractivity contribution in [1.82, 2.24) is 14.6 Å². The first-order chi connectivity index (χ1) is 17.8. The summed E-state index contributed by atoms with van der Waals surface area (Å²) < 4.78 is 47.5. The number of piperidine rings is 1. The molecule has 1 aromatic heterocycles. The summed E-state index contributed by atoms with van der Waals surface area (Å²) in [6, 6.07) is 4.95. The molecule has 1 N–H and O–H groups in total. The minimum absolute atomic E-state index is 0.0205. The lowest BCUT2D eigenvalue weighted by Crippen LogP contribution is -2.38. The number of halogens is 2. The Morgan fingerprint density at radius 3 is 2.38 bits per heavy atom. The molecule has 2 heterocycles. The van der Waals surface area contributed by atoms with Crippen molar-refractivity contribution in [3.63, 3.8) is 0 Å². The number of sulfonamides is 1. The Kier molecular flexibility index (Phi) is 6.65. The number of amides is 1. The monoisotopic (exact) mass is 547 g/mol. The van der Waals surface area contributed by atoms with E-state index in [9.17, 15) is 13.2 Å². The van der Waals surface area contributed by atoms with Gasteiger partial charge in [0.25, 0.3) is 5.91 Å². The number of hydrogen-bond acceptors (Lipinski definition) is 6. The molecule has 1 aromatic carbocycles. The standard InChI is InChI=1S/C27H31ClFN3O4S/c28-24-11-18(16-1-2-16)14-30-27(24)36-20-7-9-32(10-8-20)15-19-12-25(29)23(13-22(19)17-3-4-17)26(33)31-37(34,35)21-5-6-21/h11-14,16-17,20-21H,1-10,15H2,(H,31,33). The van der Waals surface area contributed by atoms with Gasteiger partial charge in [-0.1, -0.05) is 11.6 Å². The van der Waals surface area contributed by atoms with E-state index in [2.05, 4.69) is 14.6 Å². The molecular formula is C27H31ClFN3O4S. The Morgan fingerprint density at radius 1 is 1.05 bits per heavy atom. The predicted octanol–water partition coefficient (Wildman–Crippen LogP) is 4.89. The first-order valence-electron chi connectivity index (χ1n) is 13.2. The topological polar surface area (TPSA) is 88.6 Å². The number of nitrogens with one attached hydrogen (secondary N) is 1. The molecule has 37 heavy (non-hydrogen) atoms. The molecule has 2 aromatic rings. The average molecular weight is 548 g/mol. The van der Waals surface area contributed by atoms with Crippen molar-refractivity contribution in [3.05, 3.63) is 57.5 Å². The van der Waals surface area contributed by atoms with Crippen LogP contribution >= 0.6 is 11.6 Å². The maximum Gasteiger partial charge on any atom is 0.267 e. The zero-order valence-corrected chi connectivity index (χ0v) is 22.2. The molecule has 4 aliphatic rings. The third-order valence-electron chi connectivity index (χ3n) is 7.77. The van der Waals surface area contributed by atoms with E-state index in [0.717, 1.165) is 49.9 Å². The highest BCUT2D eigenvalue weighted by Gasteiger charge is 2.38. The number of nitrogens with zero attached hydrogens (tertiary/aromatic N) is 2. The van der Waals surface area contributed by atoms with Gasteiger partial charge in [-0.25, -0.2) is 22.5 Å². The van der Waals surface area contributed by atoms with E-state index in [4.69, 9.17) is 16.3 Å². The van der Waals surface area contributed by atoms with Crippen LogP contribution in [0.2, 0.25) is 5.02 Å². The number of aromatic nitrogens is 1. The lowest BCUT2D eigenvalue weighted by Gasteiger charge is -2.32. The number of ether oxygens (including phenoxy) is 1. The molecule has 10 heteroatoms. The number of carbonyl (C=O) groups excluding carboxylic acids is 1. The highest BCUT2D eigenvalue weighted by atomic mass is 35.5. The summed E-state index contributed by atoms with van der Waals surface area (Å²) in [7, 11) is -3.73. The summed E-state index contributed by atoms with van der Waals surface area (Å²) >= 11 is 6.42. The summed E-state index contributed by atoms with van der Waals surface area (Å²) in [5, 5.41) is 0.0212. The van der Waals surface area contributed by atoms with Crippen LogP contribution < -0.4 is 9.46 Å². The normalized spacial score (nSPS) is 21.1. The smallest absolute Gasteiger partial charge is 0.267 e. The summed E-state index contributed by atoms with van der Waals surface area (Å²) in [6.45, 7) is 2.15. The molecule has 0 atom stereocenters. The van der Waals surface area contributed by atoms with Crippen molar-refractivity contribution in [3.8, 4) is 5.88 Å². The second-order valence-corrected chi connectivity index (χ2v) is 13.3. The van der Waals surface area contributed by atoms with Gasteiger partial charge in [0.1, 0.15) is 16.9 Å². The van der Waals surface area contributed by atoms with Gasteiger partial charge in [-0.2, -0.15) is 0 Å². The fourth-order valence-electron chi connectivity index (χ4n) is 5.11. The van der Waals surface area contributed by atoms with Crippen LogP contribution in [0.15, 0.2) is 24.4 Å². The number of carbonyl (C=O) groups is 1. The van der Waals surface area contributed by atoms with E-state index in [1.807, 2.05) is 12.3 Å². The molecule has 3 saturated carbocycles. The van der Waals surface area contributed by atoms with Gasteiger partial charge in [0.05, 0.1) is 10.8 Å². The van der Waals surface area contributed by atoms with Crippen molar-refractivity contribution < 1.29 is 22.3 Å². The molecule has 0 unspecified atom stereocenters. The zero-order chi connectivity index (χ0) is 25.7. The Morgan fingerprint density at radius 2 is 1.76 bits per heavy atom. The maximum absolute atomic E-state index is 15.0. The van der Waals surface area contributed by atoms with Gasteiger partial charge >= 0.3 is 0 Å². The van der Waals surface area contributed by atoms with Crippen LogP contribution in [-0.2, 0) is 16.6 Å². The molecule has 1 aliphatic heterocycles. The van der Waals surface area contributed by atoms with Gasteiger partial charge in [-0.3, -0.25) is 9.69 Å². The Hall–Kier alpha value is -2.23. The number of likely N-dealkylation sites (tertiary alicyclic amines) is 1. The molecule has 6 rings (SSSR count). The van der Waals surface area contributed by atoms with Gasteiger partial charge in [-0.05, 0) is 98.1 Å². The number of rotatable bonds is 9. The van der Waals surface area contributed by atoms with Crippen molar-refractivity contribution in [2.75, 3.05) is 13.1 Å². The third-order valence-corrected chi connectivity index (χ3v) is 9.86. The van der Waals surface area contributed by atoms with Gasteiger partial charge in [0.15, 0.2) is 0 Å². The molecule has 1 amide bonds. The average Bonchev–Trinajstić information content (AvgIpc) is 3.71. The van der Waals surface area contributed by atoms with Gasteiger partial charge in [-0.15, -0.1) is 0 Å². The maximum atomic E-state index is 15.0. The van der Waals surface area contributed by atoms with E-state index >= 15 is 4.39 Å². The van der Waals surface area contributed by atoms with E-state index < -0.39 is 27.0 Å². The summed E-state index contributed by atoms with van der Waals surface area (Å²) in [6.07, 6.45) is 8.95. The van der Waals surface area contributed by atoms with Crippen molar-refractivity contribution >= 4 is 27.5 Å². The molecule has 1 saturated heterocycles. The van der Waals surface area contributed by atoms with Crippen LogP contribution in [0, 0.1) is 5.82 Å². The van der Waals surface area contributed by atoms with Crippen LogP contribution in [0.25, 0.3) is 0 Å². The molecular weight excluding hydrogens is 517 g/mol. The minimum atomic E-state index is -3.73. The van der Waals surface area contributed by atoms with Gasteiger partial charge in [0, 0.05) is 25.8 Å². The van der Waals surface area contributed by atoms with Gasteiger partial charge in [0.2, 0.25) is 15.9 Å². The lowest BCUT2D eigenvalue weighted by atomic mass is 9.97. The van der Waals surface area contributed by atoms with Crippen molar-refractivity contribution in [2.45, 2.75) is 81.1 Å². The summed E-state index contributed by atoms with van der Waals surface area (Å²) in [4.78, 5) is 19.3. The largest absolute Gasteiger partial charge is 0.473 e. The SMILES string of the molecule is O=C(NS(=O)(=O)C1CC1)c1cc(C2CC2)c(CN2CCC(Oc3ncc(C4CC4)cc3Cl)CC2)cc1F. The molecule has 3 aliphatic carbocycles. The highest BCUT2D eigenvalue weighted by Crippen LogP contribution is 2.43. The molecule has 198 valence electrons. The predicted molar refractivity (Wildman–Crippen MR) is 138 cm³/mol. The van der Waals surface area contributed by atoms with Crippen molar-refractivity contribution in [1.29, 1.82) is 0 Å². The fourth-order valence-corrected chi connectivity index (χ4v) is 6.62. The zero-order valence-electron chi connectivity index (χ0n) is 20.6. The van der Waals surface area contributed by atoms with Crippen LogP contribution in [0.1, 0.15) is 90.3 Å². The highest BCUT2D eigenvalue weighted by molar-refractivity contribution is 7.91. The summed E-state index contributed by atoms with van der Waals surface area (Å²) in [5.41, 5.74) is 2.79. The molecule has 7 nitrogen and oxygen atoms in total. The van der Waals surface area contributed by atoms with E-state index in [1.165, 1.54) is 24.5 Å². The van der Waals surface area contributed by atoms with Crippen molar-refractivity contribution in [2.24, 2.45) is 0 Å². The fraction of sp³-hybridized carbons (Fsp3) is 0.556. The second-order valence-electron chi connectivity index (χ2n) is 10.9. The van der Waals surface area contributed by atoms with E-state index in [0.29, 0.717) is 36.2 Å². The van der Waals surface area contributed by atoms with Gasteiger partial charge < -0.3 is 4.74 Å². The first-order valence-corrected chi connectivity index (χ1v) is 15.1. The van der Waals surface area contributed by atoms with Crippen LogP contribution in [0.5, 0.6) is 5.88 Å². The number of hydrogen-bond donors (Lipinski definition) is 1. The van der Waals surface area contributed by atoms with Crippen LogP contribution in [0.3, 0.4) is 0 Å². The second kappa shape index (κ2) is 9.82. The summed E-state index contributed by atoms with van der Waals surface area (Å²) in [5.74, 6) is -0.202. The van der Waals surface area contributed by atoms with E-state index in [1.54, 1.807) is 6.07 Å².